The normalized spacial score (nSPS) is 19.1. The molecular weight excluding hydrogens is 617 g/mol. The van der Waals surface area contributed by atoms with Gasteiger partial charge in [0.05, 0.1) is 20.8 Å². The molecule has 2 heterocycles. The maximum absolute atomic E-state index is 15.7. The molecule has 4 atom stereocenters. The average Bonchev–Trinajstić information content (AvgIpc) is 3.42. The van der Waals surface area contributed by atoms with Crippen LogP contribution in [0.15, 0.2) is 126 Å². The summed E-state index contributed by atoms with van der Waals surface area (Å²) < 4.78 is 40.1. The summed E-state index contributed by atoms with van der Waals surface area (Å²) in [6, 6.07) is 34.1. The second-order valence-electron chi connectivity index (χ2n) is 11.1. The number of carbonyl (C=O) groups excluding carboxylic acids is 1. The van der Waals surface area contributed by atoms with Crippen LogP contribution in [-0.4, -0.2) is 59.8 Å². The zero-order valence-corrected chi connectivity index (χ0v) is 26.2. The predicted octanol–water partition coefficient (Wildman–Crippen LogP) is 5.12. The molecule has 1 saturated heterocycles. The van der Waals surface area contributed by atoms with Crippen molar-refractivity contribution in [2.45, 2.75) is 30.2 Å². The van der Waals surface area contributed by atoms with Gasteiger partial charge in [0.25, 0.3) is 5.91 Å². The number of halogens is 1. The van der Waals surface area contributed by atoms with E-state index in [2.05, 4.69) is 10.3 Å². The first-order valence-electron chi connectivity index (χ1n) is 15.3. The third-order valence-electron chi connectivity index (χ3n) is 8.31. The van der Waals surface area contributed by atoms with Gasteiger partial charge in [-0.15, -0.1) is 0 Å². The highest BCUT2D eigenvalue weighted by atomic mass is 19.1. The number of ether oxygens (including phenoxy) is 4. The smallest absolute Gasteiger partial charge is 0.351 e. The van der Waals surface area contributed by atoms with Crippen molar-refractivity contribution in [3.8, 4) is 11.5 Å². The molecule has 0 radical (unpaired) electrons. The van der Waals surface area contributed by atoms with Crippen molar-refractivity contribution < 1.29 is 33.2 Å². The fraction of sp³-hybridized carbons (Fsp3) is 0.216. The molecule has 1 aliphatic heterocycles. The van der Waals surface area contributed by atoms with Gasteiger partial charge in [0.15, 0.2) is 12.4 Å². The van der Waals surface area contributed by atoms with E-state index in [9.17, 15) is 14.7 Å². The van der Waals surface area contributed by atoms with Crippen LogP contribution >= 0.6 is 0 Å². The summed E-state index contributed by atoms with van der Waals surface area (Å²) in [5.74, 6) is 0.838. The number of aromatic nitrogens is 2. The molecule has 10 nitrogen and oxygen atoms in total. The Morgan fingerprint density at radius 2 is 1.40 bits per heavy atom. The summed E-state index contributed by atoms with van der Waals surface area (Å²) >= 11 is 0. The molecular formula is C37H34FN3O7. The molecule has 11 heteroatoms. The van der Waals surface area contributed by atoms with Gasteiger partial charge in [-0.25, -0.2) is 9.18 Å². The number of aliphatic hydroxyl groups excluding tert-OH is 1. The molecule has 0 unspecified atom stereocenters. The van der Waals surface area contributed by atoms with Gasteiger partial charge in [0, 0.05) is 11.8 Å². The Balaban J connectivity index is 1.29. The number of hydrogen-bond acceptors (Lipinski definition) is 8. The quantitative estimate of drug-likeness (QED) is 0.189. The topological polar surface area (TPSA) is 121 Å². The maximum Gasteiger partial charge on any atom is 0.351 e. The molecule has 1 amide bonds. The number of aliphatic hydroxyl groups is 1. The molecule has 0 bridgehead atoms. The lowest BCUT2D eigenvalue weighted by molar-refractivity contribution is -0.0950. The number of nitrogens with one attached hydrogen (secondary N) is 1. The van der Waals surface area contributed by atoms with Crippen LogP contribution in [0.3, 0.4) is 0 Å². The highest BCUT2D eigenvalue weighted by molar-refractivity contribution is 6.03. The van der Waals surface area contributed by atoms with Crippen molar-refractivity contribution in [2.75, 3.05) is 26.1 Å². The largest absolute Gasteiger partial charge is 0.497 e. The lowest BCUT2D eigenvalue weighted by atomic mass is 9.80. The first-order chi connectivity index (χ1) is 23.3. The van der Waals surface area contributed by atoms with Crippen LogP contribution in [0.5, 0.6) is 11.5 Å². The fourth-order valence-corrected chi connectivity index (χ4v) is 5.80. The first kappa shape index (κ1) is 32.6. The van der Waals surface area contributed by atoms with Crippen molar-refractivity contribution in [1.29, 1.82) is 0 Å². The number of anilines is 1. The monoisotopic (exact) mass is 651 g/mol. The van der Waals surface area contributed by atoms with Gasteiger partial charge < -0.3 is 29.4 Å². The number of amides is 1. The van der Waals surface area contributed by atoms with E-state index in [0.717, 1.165) is 21.3 Å². The minimum atomic E-state index is -1.98. The van der Waals surface area contributed by atoms with Crippen molar-refractivity contribution in [3.63, 3.8) is 0 Å². The summed E-state index contributed by atoms with van der Waals surface area (Å²) in [6.45, 7) is -0.252. The van der Waals surface area contributed by atoms with Crippen LogP contribution in [0.4, 0.5) is 10.2 Å². The summed E-state index contributed by atoms with van der Waals surface area (Å²) in [4.78, 5) is 29.4. The highest BCUT2D eigenvalue weighted by Crippen LogP contribution is 2.43. The number of carbonyl (C=O) groups is 1. The van der Waals surface area contributed by atoms with Crippen molar-refractivity contribution in [3.05, 3.63) is 154 Å². The van der Waals surface area contributed by atoms with Crippen LogP contribution < -0.4 is 20.5 Å². The van der Waals surface area contributed by atoms with E-state index in [1.165, 1.54) is 12.3 Å². The molecule has 246 valence electrons. The predicted molar refractivity (Wildman–Crippen MR) is 176 cm³/mol. The van der Waals surface area contributed by atoms with Crippen molar-refractivity contribution >= 4 is 11.7 Å². The number of nitrogens with zero attached hydrogens (tertiary/aromatic N) is 2. The number of rotatable bonds is 11. The van der Waals surface area contributed by atoms with Crippen LogP contribution in [-0.2, 0) is 15.1 Å². The van der Waals surface area contributed by atoms with Crippen molar-refractivity contribution in [1.82, 2.24) is 9.55 Å². The first-order valence-corrected chi connectivity index (χ1v) is 15.3. The van der Waals surface area contributed by atoms with E-state index in [4.69, 9.17) is 18.9 Å². The molecule has 0 spiro atoms. The second kappa shape index (κ2) is 14.2. The molecule has 2 N–H and O–H groups in total. The zero-order valence-electron chi connectivity index (χ0n) is 26.2. The summed E-state index contributed by atoms with van der Waals surface area (Å²) in [7, 11) is 3.16. The lowest BCUT2D eigenvalue weighted by Crippen LogP contribution is -2.39. The molecule has 5 aromatic rings. The van der Waals surface area contributed by atoms with E-state index in [-0.39, 0.29) is 12.4 Å². The van der Waals surface area contributed by atoms with Gasteiger partial charge in [0.2, 0.25) is 0 Å². The summed E-state index contributed by atoms with van der Waals surface area (Å²) in [6.07, 6.45) is -4.98. The van der Waals surface area contributed by atoms with E-state index in [1.54, 1.807) is 44.6 Å². The Kier molecular flexibility index (Phi) is 9.62. The molecule has 0 aliphatic carbocycles. The van der Waals surface area contributed by atoms with Crippen molar-refractivity contribution in [2.24, 2.45) is 0 Å². The number of benzene rings is 4. The third-order valence-corrected chi connectivity index (χ3v) is 8.31. The minimum Gasteiger partial charge on any atom is -0.497 e. The molecule has 1 aliphatic rings. The van der Waals surface area contributed by atoms with Gasteiger partial charge in [-0.1, -0.05) is 72.8 Å². The molecule has 6 rings (SSSR count). The Bertz CT molecular complexity index is 1840. The SMILES string of the molecule is COc1ccc(C(OC[C@H]2O[C@@H](n3ccc(NC(=O)c4ccccc4)nc3=O)[C@@H](F)[C@@H]2O)(c2ccccc2)c2ccc(OC)cc2)cc1. The van der Waals surface area contributed by atoms with Gasteiger partial charge in [0.1, 0.15) is 35.1 Å². The number of methoxy groups -OCH3 is 2. The van der Waals surface area contributed by atoms with E-state index < -0.39 is 41.8 Å². The molecule has 1 fully saturated rings. The van der Waals surface area contributed by atoms with Crippen LogP contribution in [0.25, 0.3) is 0 Å². The lowest BCUT2D eigenvalue weighted by Gasteiger charge is -2.37. The Hall–Kier alpha value is -5.36. The molecule has 48 heavy (non-hydrogen) atoms. The van der Waals surface area contributed by atoms with Crippen LogP contribution in [0.1, 0.15) is 33.3 Å². The Morgan fingerprint density at radius 3 is 1.94 bits per heavy atom. The van der Waals surface area contributed by atoms with E-state index in [0.29, 0.717) is 17.1 Å². The number of alkyl halides is 1. The Labute approximate surface area is 276 Å². The van der Waals surface area contributed by atoms with Crippen LogP contribution in [0, 0.1) is 0 Å². The van der Waals surface area contributed by atoms with Gasteiger partial charge >= 0.3 is 5.69 Å². The van der Waals surface area contributed by atoms with E-state index in [1.807, 2.05) is 78.9 Å². The van der Waals surface area contributed by atoms with Gasteiger partial charge in [-0.2, -0.15) is 4.98 Å². The molecule has 1 aromatic heterocycles. The highest BCUT2D eigenvalue weighted by Gasteiger charge is 2.48. The third kappa shape index (κ3) is 6.43. The second-order valence-corrected chi connectivity index (χ2v) is 11.1. The Morgan fingerprint density at radius 1 is 0.854 bits per heavy atom. The average molecular weight is 652 g/mol. The maximum atomic E-state index is 15.7. The fourth-order valence-electron chi connectivity index (χ4n) is 5.80. The summed E-state index contributed by atoms with van der Waals surface area (Å²) in [5.41, 5.74) is 0.549. The minimum absolute atomic E-state index is 0.00873. The van der Waals surface area contributed by atoms with Crippen LogP contribution in [0.2, 0.25) is 0 Å². The van der Waals surface area contributed by atoms with Gasteiger partial charge in [-0.3, -0.25) is 9.36 Å². The zero-order chi connectivity index (χ0) is 33.7. The standard InChI is InChI=1S/C37H34FN3O7/c1-45-28-17-13-26(14-18-28)37(25-11-7-4-8-12-25,27-15-19-29(46-2)20-16-27)47-23-30-33(42)32(38)35(48-30)41-22-21-31(40-36(41)44)39-34(43)24-9-5-3-6-10-24/h3-22,30,32-33,35,42H,23H2,1-2H3,(H,39,40,43,44)/t30-,32+,33-,35-/m1/s1. The van der Waals surface area contributed by atoms with E-state index >= 15 is 4.39 Å². The van der Waals surface area contributed by atoms with Gasteiger partial charge in [-0.05, 0) is 59.2 Å². The summed E-state index contributed by atoms with van der Waals surface area (Å²) in [5, 5.41) is 13.6. The molecule has 0 saturated carbocycles. The molecule has 4 aromatic carbocycles. The number of hydrogen-bond donors (Lipinski definition) is 2.